The van der Waals surface area contributed by atoms with Gasteiger partial charge in [0.2, 0.25) is 0 Å². The van der Waals surface area contributed by atoms with E-state index in [1.165, 1.54) is 5.56 Å². The van der Waals surface area contributed by atoms with E-state index in [9.17, 15) is 5.11 Å². The maximum absolute atomic E-state index is 10.1. The average molecular weight is 204 g/mol. The maximum Gasteiger partial charge on any atom is 0.136 e. The molecule has 0 saturated carbocycles. The summed E-state index contributed by atoms with van der Waals surface area (Å²) in [6.07, 6.45) is -0.419. The van der Waals surface area contributed by atoms with Crippen molar-refractivity contribution < 1.29 is 5.11 Å². The minimum Gasteiger partial charge on any atom is -0.373 e. The standard InChI is InChI=1S/C12H16N2O/c1-2-14-7-12(8-14)9-5-3-4-6-10(9)13-11(12)15/h3-6,11,13,15H,2,7-8H2,1H3. The molecule has 0 aliphatic carbocycles. The first-order valence-corrected chi connectivity index (χ1v) is 5.53. The smallest absolute Gasteiger partial charge is 0.136 e. The molecule has 0 radical (unpaired) electrons. The number of aliphatic hydroxyl groups is 1. The van der Waals surface area contributed by atoms with E-state index in [1.54, 1.807) is 0 Å². The van der Waals surface area contributed by atoms with Gasteiger partial charge in [-0.25, -0.2) is 0 Å². The largest absolute Gasteiger partial charge is 0.373 e. The third-order valence-electron chi connectivity index (χ3n) is 3.74. The van der Waals surface area contributed by atoms with Crippen LogP contribution in [0.5, 0.6) is 0 Å². The lowest BCUT2D eigenvalue weighted by Crippen LogP contribution is -2.64. The highest BCUT2D eigenvalue weighted by Crippen LogP contribution is 2.45. The van der Waals surface area contributed by atoms with Crippen LogP contribution < -0.4 is 5.32 Å². The molecule has 1 aromatic rings. The van der Waals surface area contributed by atoms with Crippen molar-refractivity contribution >= 4 is 5.69 Å². The molecule has 1 atom stereocenters. The summed E-state index contributed by atoms with van der Waals surface area (Å²) in [7, 11) is 0. The van der Waals surface area contributed by atoms with Crippen LogP contribution in [0.3, 0.4) is 0 Å². The van der Waals surface area contributed by atoms with Crippen LogP contribution >= 0.6 is 0 Å². The normalized spacial score (nSPS) is 27.2. The van der Waals surface area contributed by atoms with Gasteiger partial charge >= 0.3 is 0 Å². The van der Waals surface area contributed by atoms with Crippen LogP contribution in [-0.4, -0.2) is 35.9 Å². The molecule has 0 bridgehead atoms. The first kappa shape index (κ1) is 9.19. The van der Waals surface area contributed by atoms with E-state index in [-0.39, 0.29) is 5.41 Å². The summed E-state index contributed by atoms with van der Waals surface area (Å²) in [6.45, 7) is 5.16. The molecule has 80 valence electrons. The Balaban J connectivity index is 1.97. The number of rotatable bonds is 1. The Morgan fingerprint density at radius 2 is 2.20 bits per heavy atom. The van der Waals surface area contributed by atoms with E-state index < -0.39 is 6.23 Å². The number of benzene rings is 1. The van der Waals surface area contributed by atoms with Crippen LogP contribution in [-0.2, 0) is 5.41 Å². The first-order valence-electron chi connectivity index (χ1n) is 5.53. The minimum absolute atomic E-state index is 0.0490. The lowest BCUT2D eigenvalue weighted by atomic mass is 9.74. The lowest BCUT2D eigenvalue weighted by Gasteiger charge is -2.49. The van der Waals surface area contributed by atoms with E-state index >= 15 is 0 Å². The van der Waals surface area contributed by atoms with E-state index in [0.29, 0.717) is 0 Å². The lowest BCUT2D eigenvalue weighted by molar-refractivity contribution is -0.0113. The Kier molecular flexibility index (Phi) is 1.82. The molecule has 1 spiro atoms. The van der Waals surface area contributed by atoms with Crippen molar-refractivity contribution in [3.8, 4) is 0 Å². The van der Waals surface area contributed by atoms with Gasteiger partial charge in [-0.15, -0.1) is 0 Å². The number of nitrogens with zero attached hydrogens (tertiary/aromatic N) is 1. The second-order valence-electron chi connectivity index (χ2n) is 4.55. The zero-order chi connectivity index (χ0) is 10.5. The summed E-state index contributed by atoms with van der Waals surface area (Å²) < 4.78 is 0. The third kappa shape index (κ3) is 1.08. The fourth-order valence-electron chi connectivity index (χ4n) is 2.79. The Hall–Kier alpha value is -1.06. The van der Waals surface area contributed by atoms with Crippen LogP contribution in [0.15, 0.2) is 24.3 Å². The van der Waals surface area contributed by atoms with Gasteiger partial charge in [0.15, 0.2) is 0 Å². The number of hydrogen-bond acceptors (Lipinski definition) is 3. The topological polar surface area (TPSA) is 35.5 Å². The second-order valence-corrected chi connectivity index (χ2v) is 4.55. The summed E-state index contributed by atoms with van der Waals surface area (Å²) in [5.74, 6) is 0. The average Bonchev–Trinajstić information content (AvgIpc) is 2.47. The molecule has 1 aromatic carbocycles. The van der Waals surface area contributed by atoms with Crippen LogP contribution in [0.4, 0.5) is 5.69 Å². The fraction of sp³-hybridized carbons (Fsp3) is 0.500. The van der Waals surface area contributed by atoms with E-state index in [2.05, 4.69) is 29.3 Å². The number of fused-ring (bicyclic) bond motifs is 2. The Morgan fingerprint density at radius 1 is 1.47 bits per heavy atom. The molecule has 2 aliphatic heterocycles. The summed E-state index contributed by atoms with van der Waals surface area (Å²) in [4.78, 5) is 2.35. The summed E-state index contributed by atoms with van der Waals surface area (Å²) in [6, 6.07) is 8.23. The molecule has 0 amide bonds. The predicted molar refractivity (Wildman–Crippen MR) is 59.9 cm³/mol. The highest BCUT2D eigenvalue weighted by atomic mass is 16.3. The van der Waals surface area contributed by atoms with Crippen molar-refractivity contribution in [2.45, 2.75) is 18.6 Å². The fourth-order valence-corrected chi connectivity index (χ4v) is 2.79. The molecule has 0 aromatic heterocycles. The van der Waals surface area contributed by atoms with E-state index in [4.69, 9.17) is 0 Å². The molecular formula is C12H16N2O. The Labute approximate surface area is 89.7 Å². The summed E-state index contributed by atoms with van der Waals surface area (Å²) in [5.41, 5.74) is 2.33. The molecule has 1 saturated heterocycles. The van der Waals surface area contributed by atoms with Crippen LogP contribution in [0.25, 0.3) is 0 Å². The van der Waals surface area contributed by atoms with Crippen LogP contribution in [0, 0.1) is 0 Å². The van der Waals surface area contributed by atoms with Gasteiger partial charge in [-0.05, 0) is 18.2 Å². The SMILES string of the molecule is CCN1CC2(C1)c1ccccc1NC2O. The highest BCUT2D eigenvalue weighted by Gasteiger charge is 2.53. The molecule has 1 fully saturated rings. The monoisotopic (exact) mass is 204 g/mol. The Morgan fingerprint density at radius 3 is 2.93 bits per heavy atom. The van der Waals surface area contributed by atoms with Crippen molar-refractivity contribution in [2.75, 3.05) is 25.0 Å². The van der Waals surface area contributed by atoms with Gasteiger partial charge in [0.05, 0.1) is 5.41 Å². The molecule has 3 rings (SSSR count). The van der Waals surface area contributed by atoms with Crippen molar-refractivity contribution in [1.82, 2.24) is 4.90 Å². The van der Waals surface area contributed by atoms with Gasteiger partial charge in [-0.3, -0.25) is 0 Å². The van der Waals surface area contributed by atoms with E-state index in [0.717, 1.165) is 25.3 Å². The number of aliphatic hydroxyl groups excluding tert-OH is 1. The Bertz CT molecular complexity index is 385. The van der Waals surface area contributed by atoms with Gasteiger partial charge < -0.3 is 15.3 Å². The molecule has 2 N–H and O–H groups in total. The van der Waals surface area contributed by atoms with Crippen LogP contribution in [0.1, 0.15) is 12.5 Å². The minimum atomic E-state index is -0.419. The zero-order valence-electron chi connectivity index (χ0n) is 8.90. The van der Waals surface area contributed by atoms with Gasteiger partial charge in [-0.2, -0.15) is 0 Å². The third-order valence-corrected chi connectivity index (χ3v) is 3.74. The number of likely N-dealkylation sites (tertiary alicyclic amines) is 1. The molecule has 3 nitrogen and oxygen atoms in total. The van der Waals surface area contributed by atoms with Crippen molar-refractivity contribution in [1.29, 1.82) is 0 Å². The molecule has 1 unspecified atom stereocenters. The first-order chi connectivity index (χ1) is 7.26. The van der Waals surface area contributed by atoms with Crippen molar-refractivity contribution in [3.05, 3.63) is 29.8 Å². The second kappa shape index (κ2) is 2.97. The molecule has 3 heteroatoms. The molecular weight excluding hydrogens is 188 g/mol. The number of para-hydroxylation sites is 1. The number of likely N-dealkylation sites (N-methyl/N-ethyl adjacent to an activating group) is 1. The number of anilines is 1. The van der Waals surface area contributed by atoms with Gasteiger partial charge in [-0.1, -0.05) is 25.1 Å². The molecule has 2 aliphatic rings. The highest BCUT2D eigenvalue weighted by molar-refractivity contribution is 5.62. The van der Waals surface area contributed by atoms with Crippen molar-refractivity contribution in [2.24, 2.45) is 0 Å². The molecule has 2 heterocycles. The molecule has 15 heavy (non-hydrogen) atoms. The van der Waals surface area contributed by atoms with Gasteiger partial charge in [0.25, 0.3) is 0 Å². The summed E-state index contributed by atoms with van der Waals surface area (Å²) in [5, 5.41) is 13.3. The number of hydrogen-bond donors (Lipinski definition) is 2. The van der Waals surface area contributed by atoms with Crippen molar-refractivity contribution in [3.63, 3.8) is 0 Å². The number of nitrogens with one attached hydrogen (secondary N) is 1. The van der Waals surface area contributed by atoms with Gasteiger partial charge in [0, 0.05) is 18.8 Å². The van der Waals surface area contributed by atoms with E-state index in [1.807, 2.05) is 12.1 Å². The summed E-state index contributed by atoms with van der Waals surface area (Å²) >= 11 is 0. The maximum atomic E-state index is 10.1. The van der Waals surface area contributed by atoms with Gasteiger partial charge in [0.1, 0.15) is 6.23 Å². The quantitative estimate of drug-likeness (QED) is 0.716. The van der Waals surface area contributed by atoms with Crippen LogP contribution in [0.2, 0.25) is 0 Å². The zero-order valence-corrected chi connectivity index (χ0v) is 8.90. The predicted octanol–water partition coefficient (Wildman–Crippen LogP) is 1.00.